The Hall–Kier alpha value is -2.47. The van der Waals surface area contributed by atoms with Crippen LogP contribution in [0.25, 0.3) is 0 Å². The largest absolute Gasteiger partial charge is 0.481 e. The Morgan fingerprint density at radius 1 is 1.20 bits per heavy atom. The van der Waals surface area contributed by atoms with E-state index in [1.54, 1.807) is 30.3 Å². The van der Waals surface area contributed by atoms with E-state index in [0.717, 1.165) is 23.8 Å². The number of nitrogens with one attached hydrogen (secondary N) is 1. The number of carbonyl (C=O) groups excluding carboxylic acids is 1. The summed E-state index contributed by atoms with van der Waals surface area (Å²) in [5.74, 6) is 0.517. The van der Waals surface area contributed by atoms with Crippen LogP contribution in [0.2, 0.25) is 5.02 Å². The van der Waals surface area contributed by atoms with E-state index in [9.17, 15) is 4.79 Å². The third-order valence-electron chi connectivity index (χ3n) is 4.28. The van der Waals surface area contributed by atoms with Crippen LogP contribution in [0.5, 0.6) is 5.88 Å². The SMILES string of the molecule is COc1ccc(NC(=O)N2CCN(c3cc(Cl)ccc3C)CC2)cn1. The smallest absolute Gasteiger partial charge is 0.322 e. The van der Waals surface area contributed by atoms with Crippen LogP contribution in [0.3, 0.4) is 0 Å². The molecule has 0 unspecified atom stereocenters. The lowest BCUT2D eigenvalue weighted by Gasteiger charge is -2.36. The van der Waals surface area contributed by atoms with Crippen molar-refractivity contribution >= 4 is 29.0 Å². The summed E-state index contributed by atoms with van der Waals surface area (Å²) < 4.78 is 5.01. The van der Waals surface area contributed by atoms with Gasteiger partial charge in [-0.1, -0.05) is 17.7 Å². The van der Waals surface area contributed by atoms with Gasteiger partial charge >= 0.3 is 6.03 Å². The van der Waals surface area contributed by atoms with Crippen LogP contribution in [0.4, 0.5) is 16.2 Å². The number of piperazine rings is 1. The van der Waals surface area contributed by atoms with Gasteiger partial charge in [0.05, 0.1) is 19.0 Å². The van der Waals surface area contributed by atoms with E-state index >= 15 is 0 Å². The average molecular weight is 361 g/mol. The molecule has 1 aliphatic heterocycles. The van der Waals surface area contributed by atoms with Crippen LogP contribution < -0.4 is 15.0 Å². The Balaban J connectivity index is 1.57. The lowest BCUT2D eigenvalue weighted by Crippen LogP contribution is -2.50. The monoisotopic (exact) mass is 360 g/mol. The highest BCUT2D eigenvalue weighted by molar-refractivity contribution is 6.30. The quantitative estimate of drug-likeness (QED) is 0.911. The maximum absolute atomic E-state index is 12.4. The van der Waals surface area contributed by atoms with E-state index in [-0.39, 0.29) is 6.03 Å². The molecule has 3 rings (SSSR count). The third-order valence-corrected chi connectivity index (χ3v) is 4.51. The molecule has 25 heavy (non-hydrogen) atoms. The first-order chi connectivity index (χ1) is 12.1. The molecule has 0 aliphatic carbocycles. The van der Waals surface area contributed by atoms with Gasteiger partial charge in [0, 0.05) is 43.0 Å². The topological polar surface area (TPSA) is 57.7 Å². The van der Waals surface area contributed by atoms with Gasteiger partial charge in [0.1, 0.15) is 0 Å². The van der Waals surface area contributed by atoms with Gasteiger partial charge in [-0.25, -0.2) is 9.78 Å². The molecular weight excluding hydrogens is 340 g/mol. The zero-order chi connectivity index (χ0) is 17.8. The average Bonchev–Trinajstić information content (AvgIpc) is 2.64. The molecule has 0 spiro atoms. The van der Waals surface area contributed by atoms with Crippen molar-refractivity contribution in [2.24, 2.45) is 0 Å². The maximum atomic E-state index is 12.4. The summed E-state index contributed by atoms with van der Waals surface area (Å²) in [7, 11) is 1.56. The van der Waals surface area contributed by atoms with Crippen molar-refractivity contribution < 1.29 is 9.53 Å². The summed E-state index contributed by atoms with van der Waals surface area (Å²) in [4.78, 5) is 20.6. The number of amides is 2. The number of rotatable bonds is 3. The van der Waals surface area contributed by atoms with Crippen molar-refractivity contribution in [3.63, 3.8) is 0 Å². The molecule has 1 aliphatic rings. The summed E-state index contributed by atoms with van der Waals surface area (Å²) in [6.07, 6.45) is 1.59. The molecule has 0 saturated carbocycles. The van der Waals surface area contributed by atoms with Gasteiger partial charge in [-0.05, 0) is 30.7 Å². The fourth-order valence-corrected chi connectivity index (χ4v) is 3.02. The van der Waals surface area contributed by atoms with Crippen LogP contribution in [-0.2, 0) is 0 Å². The van der Waals surface area contributed by atoms with Crippen molar-refractivity contribution in [2.45, 2.75) is 6.92 Å². The summed E-state index contributed by atoms with van der Waals surface area (Å²) in [5, 5.41) is 3.60. The molecular formula is C18H21ClN4O2. The molecule has 1 aromatic heterocycles. The minimum absolute atomic E-state index is 0.116. The van der Waals surface area contributed by atoms with Gasteiger partial charge in [-0.2, -0.15) is 0 Å². The summed E-state index contributed by atoms with van der Waals surface area (Å²) in [5.41, 5.74) is 2.97. The second kappa shape index (κ2) is 7.61. The zero-order valence-electron chi connectivity index (χ0n) is 14.3. The molecule has 0 radical (unpaired) electrons. The van der Waals surface area contributed by atoms with Gasteiger partial charge in [0.15, 0.2) is 0 Å². The third kappa shape index (κ3) is 4.14. The fourth-order valence-electron chi connectivity index (χ4n) is 2.85. The summed E-state index contributed by atoms with van der Waals surface area (Å²) in [6, 6.07) is 9.27. The Morgan fingerprint density at radius 3 is 2.60 bits per heavy atom. The van der Waals surface area contributed by atoms with E-state index in [4.69, 9.17) is 16.3 Å². The number of urea groups is 1. The first kappa shape index (κ1) is 17.4. The van der Waals surface area contributed by atoms with Crippen LogP contribution in [0, 0.1) is 6.92 Å². The summed E-state index contributed by atoms with van der Waals surface area (Å²) in [6.45, 7) is 4.93. The second-order valence-corrected chi connectivity index (χ2v) is 6.36. The second-order valence-electron chi connectivity index (χ2n) is 5.92. The highest BCUT2D eigenvalue weighted by Crippen LogP contribution is 2.25. The van der Waals surface area contributed by atoms with Gasteiger partial charge in [-0.15, -0.1) is 0 Å². The number of pyridine rings is 1. The first-order valence-corrected chi connectivity index (χ1v) is 8.51. The predicted octanol–water partition coefficient (Wildman–Crippen LogP) is 3.41. The molecule has 132 valence electrons. The molecule has 2 aromatic rings. The number of hydrogen-bond acceptors (Lipinski definition) is 4. The molecule has 2 amide bonds. The molecule has 1 N–H and O–H groups in total. The normalized spacial score (nSPS) is 14.4. The maximum Gasteiger partial charge on any atom is 0.322 e. The number of aryl methyl sites for hydroxylation is 1. The number of carbonyl (C=O) groups is 1. The number of hydrogen-bond donors (Lipinski definition) is 1. The number of anilines is 2. The van der Waals surface area contributed by atoms with E-state index in [0.29, 0.717) is 24.7 Å². The predicted molar refractivity (Wildman–Crippen MR) is 99.8 cm³/mol. The van der Waals surface area contributed by atoms with E-state index in [1.807, 2.05) is 18.2 Å². The molecule has 1 aromatic carbocycles. The molecule has 1 fully saturated rings. The van der Waals surface area contributed by atoms with Crippen molar-refractivity contribution in [3.05, 3.63) is 47.1 Å². The van der Waals surface area contributed by atoms with E-state index in [1.165, 1.54) is 5.56 Å². The Morgan fingerprint density at radius 2 is 1.96 bits per heavy atom. The van der Waals surface area contributed by atoms with Crippen LogP contribution in [0.1, 0.15) is 5.56 Å². The van der Waals surface area contributed by atoms with Crippen molar-refractivity contribution in [2.75, 3.05) is 43.5 Å². The zero-order valence-corrected chi connectivity index (χ0v) is 15.1. The van der Waals surface area contributed by atoms with Crippen molar-refractivity contribution in [1.82, 2.24) is 9.88 Å². The minimum atomic E-state index is -0.116. The van der Waals surface area contributed by atoms with Crippen molar-refractivity contribution in [1.29, 1.82) is 0 Å². The highest BCUT2D eigenvalue weighted by Gasteiger charge is 2.22. The number of methoxy groups -OCH3 is 1. The first-order valence-electron chi connectivity index (χ1n) is 8.14. The number of benzene rings is 1. The van der Waals surface area contributed by atoms with Gasteiger partial charge in [0.25, 0.3) is 0 Å². The molecule has 0 atom stereocenters. The van der Waals surface area contributed by atoms with Gasteiger partial charge in [-0.3, -0.25) is 0 Å². The highest BCUT2D eigenvalue weighted by atomic mass is 35.5. The van der Waals surface area contributed by atoms with E-state index < -0.39 is 0 Å². The molecule has 6 nitrogen and oxygen atoms in total. The Kier molecular flexibility index (Phi) is 5.28. The molecule has 0 bridgehead atoms. The number of nitrogens with zero attached hydrogens (tertiary/aromatic N) is 3. The van der Waals surface area contributed by atoms with Gasteiger partial charge in [0.2, 0.25) is 5.88 Å². The molecule has 2 heterocycles. The van der Waals surface area contributed by atoms with Gasteiger partial charge < -0.3 is 19.9 Å². The standard InChI is InChI=1S/C18H21ClN4O2/c1-13-3-4-14(19)11-16(13)22-7-9-23(10-8-22)18(24)21-15-5-6-17(25-2)20-12-15/h3-6,11-12H,7-10H2,1-2H3,(H,21,24). The van der Waals surface area contributed by atoms with Crippen LogP contribution in [0.15, 0.2) is 36.5 Å². The lowest BCUT2D eigenvalue weighted by atomic mass is 10.1. The number of halogens is 1. The Labute approximate surface area is 152 Å². The summed E-state index contributed by atoms with van der Waals surface area (Å²) >= 11 is 6.11. The number of aromatic nitrogens is 1. The Bertz CT molecular complexity index is 743. The van der Waals surface area contributed by atoms with E-state index in [2.05, 4.69) is 22.1 Å². The lowest BCUT2D eigenvalue weighted by molar-refractivity contribution is 0.208. The van der Waals surface area contributed by atoms with Crippen LogP contribution >= 0.6 is 11.6 Å². The minimum Gasteiger partial charge on any atom is -0.481 e. The fraction of sp³-hybridized carbons (Fsp3) is 0.333. The molecule has 7 heteroatoms. The van der Waals surface area contributed by atoms with Crippen molar-refractivity contribution in [3.8, 4) is 5.88 Å². The molecule has 1 saturated heterocycles. The van der Waals surface area contributed by atoms with Crippen LogP contribution in [-0.4, -0.2) is 49.2 Å². The number of ether oxygens (including phenoxy) is 1.